The van der Waals surface area contributed by atoms with Gasteiger partial charge < -0.3 is 13.4 Å². The van der Waals surface area contributed by atoms with Gasteiger partial charge in [-0.3, -0.25) is 0 Å². The second-order valence-electron chi connectivity index (χ2n) is 14.4. The Kier molecular flexibility index (Phi) is 6.83. The Balaban J connectivity index is 0.992. The van der Waals surface area contributed by atoms with E-state index in [9.17, 15) is 0 Å². The zero-order chi connectivity index (χ0) is 37.5. The largest absolute Gasteiger partial charge is 0.456 e. The molecule has 0 radical (unpaired) electrons. The van der Waals surface area contributed by atoms with Gasteiger partial charge in [-0.1, -0.05) is 121 Å². The van der Waals surface area contributed by atoms with Crippen LogP contribution >= 0.6 is 0 Å². The molecule has 0 amide bonds. The molecule has 0 saturated carbocycles. The SMILES string of the molecule is c1ccc(-c2ccc3c4ccccc4n(-c4ccc5oc6cc(-c7nc(-c8ccccc8)nc(-c8ccc9c(c8)oc8ccccc89)n7)ccc6c5c4)c3c2)cc1. The van der Waals surface area contributed by atoms with E-state index in [4.69, 9.17) is 23.8 Å². The van der Waals surface area contributed by atoms with E-state index in [1.54, 1.807) is 0 Å². The molecule has 57 heavy (non-hydrogen) atoms. The molecule has 12 rings (SSSR count). The number of fused-ring (bicyclic) bond motifs is 9. The van der Waals surface area contributed by atoms with Crippen LogP contribution in [0, 0.1) is 0 Å². The summed E-state index contributed by atoms with van der Waals surface area (Å²) in [6, 6.07) is 62.9. The van der Waals surface area contributed by atoms with Crippen molar-refractivity contribution in [2.45, 2.75) is 0 Å². The summed E-state index contributed by atoms with van der Waals surface area (Å²) in [5.74, 6) is 1.72. The molecule has 0 spiro atoms. The third-order valence-corrected chi connectivity index (χ3v) is 11.1. The summed E-state index contributed by atoms with van der Waals surface area (Å²) in [6.45, 7) is 0. The summed E-state index contributed by atoms with van der Waals surface area (Å²) < 4.78 is 15.2. The number of para-hydroxylation sites is 2. The van der Waals surface area contributed by atoms with Crippen LogP contribution in [0.15, 0.2) is 191 Å². The fourth-order valence-electron chi connectivity index (χ4n) is 8.32. The van der Waals surface area contributed by atoms with E-state index in [0.29, 0.717) is 17.5 Å². The van der Waals surface area contributed by atoms with Crippen LogP contribution in [0.3, 0.4) is 0 Å². The van der Waals surface area contributed by atoms with Crippen molar-refractivity contribution in [1.29, 1.82) is 0 Å². The number of hydrogen-bond acceptors (Lipinski definition) is 5. The second-order valence-corrected chi connectivity index (χ2v) is 14.4. The molecule has 4 heterocycles. The molecule has 0 aliphatic heterocycles. The number of furan rings is 2. The van der Waals surface area contributed by atoms with Gasteiger partial charge >= 0.3 is 0 Å². The van der Waals surface area contributed by atoms with Crippen LogP contribution in [0.1, 0.15) is 0 Å². The van der Waals surface area contributed by atoms with E-state index >= 15 is 0 Å². The zero-order valence-electron chi connectivity index (χ0n) is 30.4. The highest BCUT2D eigenvalue weighted by Gasteiger charge is 2.18. The van der Waals surface area contributed by atoms with Crippen molar-refractivity contribution in [2.75, 3.05) is 0 Å². The first kappa shape index (κ1) is 31.5. The highest BCUT2D eigenvalue weighted by molar-refractivity contribution is 6.12. The zero-order valence-corrected chi connectivity index (χ0v) is 30.4. The maximum Gasteiger partial charge on any atom is 0.164 e. The Morgan fingerprint density at radius 3 is 1.53 bits per heavy atom. The Morgan fingerprint density at radius 1 is 0.298 bits per heavy atom. The molecule has 0 atom stereocenters. The Morgan fingerprint density at radius 2 is 0.807 bits per heavy atom. The summed E-state index contributed by atoms with van der Waals surface area (Å²) in [5.41, 5.74) is 11.6. The molecule has 6 heteroatoms. The molecule has 0 saturated heterocycles. The van der Waals surface area contributed by atoms with Crippen molar-refractivity contribution in [1.82, 2.24) is 19.5 Å². The van der Waals surface area contributed by atoms with Crippen LogP contribution in [0.25, 0.3) is 117 Å². The van der Waals surface area contributed by atoms with Gasteiger partial charge in [0.05, 0.1) is 11.0 Å². The lowest BCUT2D eigenvalue weighted by atomic mass is 10.0. The lowest BCUT2D eigenvalue weighted by Crippen LogP contribution is -2.00. The summed E-state index contributed by atoms with van der Waals surface area (Å²) in [5, 5.41) is 6.64. The van der Waals surface area contributed by atoms with Crippen LogP contribution in [-0.4, -0.2) is 19.5 Å². The summed E-state index contributed by atoms with van der Waals surface area (Å²) in [4.78, 5) is 15.0. The van der Waals surface area contributed by atoms with Crippen LogP contribution in [0.4, 0.5) is 0 Å². The highest BCUT2D eigenvalue weighted by Crippen LogP contribution is 2.39. The Bertz CT molecular complexity index is 3530. The maximum absolute atomic E-state index is 6.55. The van der Waals surface area contributed by atoms with E-state index in [1.165, 1.54) is 21.9 Å². The van der Waals surface area contributed by atoms with Crippen molar-refractivity contribution >= 4 is 65.7 Å². The standard InChI is InChI=1S/C51H30N4O2/c1-3-11-31(12-4-1)33-19-23-38-37-15-7-9-17-43(37)55(44(38)27-33)36-22-26-46-42(30-36)41-25-21-35(29-48(41)57-46)51-53-49(32-13-5-2-6-14-32)52-50(54-51)34-20-24-40-39-16-8-10-18-45(39)56-47(40)28-34/h1-30H. The van der Waals surface area contributed by atoms with Crippen molar-refractivity contribution in [2.24, 2.45) is 0 Å². The molecule has 0 fully saturated rings. The van der Waals surface area contributed by atoms with Gasteiger partial charge in [-0.2, -0.15) is 0 Å². The molecule has 12 aromatic rings. The van der Waals surface area contributed by atoms with Crippen molar-refractivity contribution in [3.8, 4) is 51.0 Å². The smallest absolute Gasteiger partial charge is 0.164 e. The topological polar surface area (TPSA) is 69.9 Å². The van der Waals surface area contributed by atoms with E-state index in [1.807, 2.05) is 60.7 Å². The Hall–Kier alpha value is -7.83. The third-order valence-electron chi connectivity index (χ3n) is 11.1. The van der Waals surface area contributed by atoms with Crippen molar-refractivity contribution in [3.05, 3.63) is 182 Å². The fourth-order valence-corrected chi connectivity index (χ4v) is 8.32. The first-order valence-electron chi connectivity index (χ1n) is 19.0. The predicted octanol–water partition coefficient (Wildman–Crippen LogP) is 13.4. The van der Waals surface area contributed by atoms with Crippen LogP contribution in [0.2, 0.25) is 0 Å². The molecular weight excluding hydrogens is 701 g/mol. The number of hydrogen-bond donors (Lipinski definition) is 0. The van der Waals surface area contributed by atoms with E-state index < -0.39 is 0 Å². The minimum absolute atomic E-state index is 0.561. The van der Waals surface area contributed by atoms with E-state index in [2.05, 4.69) is 126 Å². The lowest BCUT2D eigenvalue weighted by molar-refractivity contribution is 0.668. The molecule has 0 bridgehead atoms. The molecular formula is C51H30N4O2. The summed E-state index contributed by atoms with van der Waals surface area (Å²) in [6.07, 6.45) is 0. The number of nitrogens with zero attached hydrogens (tertiary/aromatic N) is 4. The molecule has 266 valence electrons. The minimum Gasteiger partial charge on any atom is -0.456 e. The molecule has 0 aliphatic rings. The van der Waals surface area contributed by atoms with Gasteiger partial charge in [0.1, 0.15) is 22.3 Å². The van der Waals surface area contributed by atoms with Gasteiger partial charge in [0.2, 0.25) is 0 Å². The summed E-state index contributed by atoms with van der Waals surface area (Å²) in [7, 11) is 0. The molecule has 4 aromatic heterocycles. The first-order chi connectivity index (χ1) is 28.2. The average molecular weight is 731 g/mol. The van der Waals surface area contributed by atoms with Crippen molar-refractivity contribution < 1.29 is 8.83 Å². The molecule has 8 aromatic carbocycles. The predicted molar refractivity (Wildman–Crippen MR) is 230 cm³/mol. The van der Waals surface area contributed by atoms with Gasteiger partial charge in [-0.15, -0.1) is 0 Å². The fraction of sp³-hybridized carbons (Fsp3) is 0. The van der Waals surface area contributed by atoms with Crippen molar-refractivity contribution in [3.63, 3.8) is 0 Å². The summed E-state index contributed by atoms with van der Waals surface area (Å²) >= 11 is 0. The second kappa shape index (κ2) is 12.3. The van der Waals surface area contributed by atoms with Gasteiger partial charge in [-0.25, -0.2) is 15.0 Å². The Labute approximate surface area is 325 Å². The quantitative estimate of drug-likeness (QED) is 0.176. The van der Waals surface area contributed by atoms with Crippen LogP contribution in [-0.2, 0) is 0 Å². The van der Waals surface area contributed by atoms with Gasteiger partial charge in [-0.05, 0) is 71.8 Å². The normalized spacial score (nSPS) is 11.9. The molecule has 6 nitrogen and oxygen atoms in total. The number of benzene rings is 8. The highest BCUT2D eigenvalue weighted by atomic mass is 16.3. The molecule has 0 N–H and O–H groups in total. The maximum atomic E-state index is 6.55. The monoisotopic (exact) mass is 730 g/mol. The molecule has 0 aliphatic carbocycles. The van der Waals surface area contributed by atoms with E-state index in [-0.39, 0.29) is 0 Å². The number of rotatable bonds is 5. The van der Waals surface area contributed by atoms with Crippen LogP contribution < -0.4 is 0 Å². The number of aromatic nitrogens is 4. The molecule has 0 unspecified atom stereocenters. The first-order valence-corrected chi connectivity index (χ1v) is 19.0. The lowest BCUT2D eigenvalue weighted by Gasteiger charge is -2.09. The van der Waals surface area contributed by atoms with Crippen LogP contribution in [0.5, 0.6) is 0 Å². The van der Waals surface area contributed by atoms with Gasteiger partial charge in [0.25, 0.3) is 0 Å². The average Bonchev–Trinajstić information content (AvgIpc) is 3.95. The van der Waals surface area contributed by atoms with Gasteiger partial charge in [0, 0.05) is 54.7 Å². The van der Waals surface area contributed by atoms with Gasteiger partial charge in [0.15, 0.2) is 17.5 Å². The third kappa shape index (κ3) is 5.08. The van der Waals surface area contributed by atoms with E-state index in [0.717, 1.165) is 77.3 Å². The minimum atomic E-state index is 0.561.